The van der Waals surface area contributed by atoms with Gasteiger partial charge in [0.05, 0.1) is 20.3 Å². The van der Waals surface area contributed by atoms with Crippen molar-refractivity contribution in [1.82, 2.24) is 10.6 Å². The second kappa shape index (κ2) is 8.25. The number of amides is 1. The van der Waals surface area contributed by atoms with Gasteiger partial charge in [-0.1, -0.05) is 0 Å². The van der Waals surface area contributed by atoms with Crippen LogP contribution in [0.2, 0.25) is 0 Å². The van der Waals surface area contributed by atoms with E-state index < -0.39 is 6.10 Å². The molecule has 2 unspecified atom stereocenters. The van der Waals surface area contributed by atoms with Gasteiger partial charge in [0.15, 0.2) is 0 Å². The summed E-state index contributed by atoms with van der Waals surface area (Å²) >= 11 is 0. The van der Waals surface area contributed by atoms with Crippen molar-refractivity contribution in [1.29, 1.82) is 0 Å². The molecule has 140 valence electrons. The van der Waals surface area contributed by atoms with Gasteiger partial charge >= 0.3 is 0 Å². The topological polar surface area (TPSA) is 79.8 Å². The van der Waals surface area contributed by atoms with Crippen LogP contribution in [0.3, 0.4) is 0 Å². The Kier molecular flexibility index (Phi) is 6.54. The second-order valence-corrected chi connectivity index (χ2v) is 6.78. The molecule has 25 heavy (non-hydrogen) atoms. The maximum Gasteiger partial charge on any atom is 0.223 e. The van der Waals surface area contributed by atoms with Gasteiger partial charge in [-0.3, -0.25) is 4.79 Å². The number of ether oxygens (including phenoxy) is 2. The third-order valence-corrected chi connectivity index (χ3v) is 5.33. The first-order chi connectivity index (χ1) is 11.6. The average Bonchev–Trinajstić information content (AvgIpc) is 3.32. The van der Waals surface area contributed by atoms with Crippen LogP contribution in [0, 0.1) is 11.3 Å². The molecule has 0 radical (unpaired) electrons. The third kappa shape index (κ3) is 4.37. The molecule has 1 aromatic carbocycles. The summed E-state index contributed by atoms with van der Waals surface area (Å²) in [7, 11) is 3.14. The Morgan fingerprint density at radius 1 is 1.28 bits per heavy atom. The van der Waals surface area contributed by atoms with Crippen LogP contribution in [-0.2, 0) is 4.79 Å². The normalized spacial score (nSPS) is 21.8. The number of aliphatic hydroxyl groups excluding tert-OH is 1. The number of carbonyl (C=O) groups excluding carboxylic acids is 1. The Morgan fingerprint density at radius 2 is 1.88 bits per heavy atom. The largest absolute Gasteiger partial charge is 0.497 e. The van der Waals surface area contributed by atoms with Crippen LogP contribution < -0.4 is 20.1 Å². The summed E-state index contributed by atoms with van der Waals surface area (Å²) in [6.07, 6.45) is 2.33. The molecule has 1 aliphatic heterocycles. The summed E-state index contributed by atoms with van der Waals surface area (Å²) in [5, 5.41) is 16.6. The monoisotopic (exact) mass is 370 g/mol. The lowest BCUT2D eigenvalue weighted by Crippen LogP contribution is -2.35. The molecule has 1 aliphatic carbocycles. The fraction of sp³-hybridized carbons (Fsp3) is 0.611. The maximum atomic E-state index is 12.4. The molecular weight excluding hydrogens is 344 g/mol. The van der Waals surface area contributed by atoms with Crippen LogP contribution in [0.25, 0.3) is 0 Å². The van der Waals surface area contributed by atoms with E-state index in [-0.39, 0.29) is 36.2 Å². The highest BCUT2D eigenvalue weighted by Gasteiger charge is 2.57. The number of rotatable bonds is 6. The van der Waals surface area contributed by atoms with Gasteiger partial charge in [-0.25, -0.2) is 0 Å². The van der Waals surface area contributed by atoms with Gasteiger partial charge < -0.3 is 25.2 Å². The van der Waals surface area contributed by atoms with E-state index in [1.807, 2.05) is 0 Å². The van der Waals surface area contributed by atoms with Crippen LogP contribution in [0.4, 0.5) is 0 Å². The van der Waals surface area contributed by atoms with Crippen molar-refractivity contribution in [2.24, 2.45) is 11.3 Å². The summed E-state index contributed by atoms with van der Waals surface area (Å²) in [5.74, 6) is 1.40. The van der Waals surface area contributed by atoms with Crippen molar-refractivity contribution in [3.05, 3.63) is 23.8 Å². The molecule has 1 spiro atoms. The van der Waals surface area contributed by atoms with Gasteiger partial charge in [-0.15, -0.1) is 12.4 Å². The molecule has 1 aromatic rings. The molecule has 1 amide bonds. The first-order valence-corrected chi connectivity index (χ1v) is 8.47. The van der Waals surface area contributed by atoms with Crippen molar-refractivity contribution in [3.63, 3.8) is 0 Å². The minimum atomic E-state index is -0.791. The Hall–Kier alpha value is -1.50. The molecule has 6 nitrogen and oxygen atoms in total. The van der Waals surface area contributed by atoms with E-state index in [1.54, 1.807) is 32.4 Å². The highest BCUT2D eigenvalue weighted by atomic mass is 35.5. The highest BCUT2D eigenvalue weighted by molar-refractivity contribution is 5.85. The minimum Gasteiger partial charge on any atom is -0.497 e. The van der Waals surface area contributed by atoms with Crippen molar-refractivity contribution in [2.75, 3.05) is 33.9 Å². The molecule has 0 bridgehead atoms. The number of halogens is 1. The lowest BCUT2D eigenvalue weighted by atomic mass is 9.92. The van der Waals surface area contributed by atoms with Crippen LogP contribution in [-0.4, -0.2) is 44.9 Å². The Morgan fingerprint density at radius 3 is 2.44 bits per heavy atom. The number of methoxy groups -OCH3 is 2. The van der Waals surface area contributed by atoms with Gasteiger partial charge in [-0.05, 0) is 55.5 Å². The van der Waals surface area contributed by atoms with E-state index in [9.17, 15) is 9.90 Å². The summed E-state index contributed by atoms with van der Waals surface area (Å²) in [4.78, 5) is 12.4. The molecule has 0 aromatic heterocycles. The fourth-order valence-electron chi connectivity index (χ4n) is 3.66. The standard InChI is InChI=1S/C18H26N2O4.ClH/c1-23-13-7-12(8-14(9-13)24-2)16(21)11-20-17(22)15-10-18(15)3-5-19-6-4-18;/h7-9,15-16,19,21H,3-6,10-11H2,1-2H3,(H,20,22);1H. The van der Waals surface area contributed by atoms with E-state index >= 15 is 0 Å². The van der Waals surface area contributed by atoms with Crippen molar-refractivity contribution in [3.8, 4) is 11.5 Å². The molecule has 2 aliphatic rings. The first-order valence-electron chi connectivity index (χ1n) is 8.47. The molecule has 7 heteroatoms. The van der Waals surface area contributed by atoms with Gasteiger partial charge in [0, 0.05) is 18.5 Å². The van der Waals surface area contributed by atoms with E-state index in [0.29, 0.717) is 17.1 Å². The Bertz CT molecular complexity index is 582. The summed E-state index contributed by atoms with van der Waals surface area (Å²) in [6.45, 7) is 2.19. The molecule has 3 N–H and O–H groups in total. The summed E-state index contributed by atoms with van der Waals surface area (Å²) in [6, 6.07) is 5.26. The molecule has 3 rings (SSSR count). The number of hydrogen-bond donors (Lipinski definition) is 3. The molecule has 1 heterocycles. The quantitative estimate of drug-likeness (QED) is 0.709. The number of benzene rings is 1. The average molecular weight is 371 g/mol. The van der Waals surface area contributed by atoms with Gasteiger partial charge in [0.25, 0.3) is 0 Å². The van der Waals surface area contributed by atoms with E-state index in [2.05, 4.69) is 10.6 Å². The SMILES string of the molecule is COc1cc(OC)cc(C(O)CNC(=O)C2CC23CCNCC3)c1.Cl. The number of piperidine rings is 1. The fourth-order valence-corrected chi connectivity index (χ4v) is 3.66. The predicted molar refractivity (Wildman–Crippen MR) is 97.4 cm³/mol. The zero-order valence-electron chi connectivity index (χ0n) is 14.7. The van der Waals surface area contributed by atoms with E-state index in [0.717, 1.165) is 32.4 Å². The minimum absolute atomic E-state index is 0. The lowest BCUT2D eigenvalue weighted by molar-refractivity contribution is -0.123. The smallest absolute Gasteiger partial charge is 0.223 e. The molecule has 2 fully saturated rings. The zero-order valence-corrected chi connectivity index (χ0v) is 15.5. The summed E-state index contributed by atoms with van der Waals surface area (Å²) in [5.41, 5.74) is 0.873. The predicted octanol–water partition coefficient (Wildman–Crippen LogP) is 1.66. The van der Waals surface area contributed by atoms with Crippen molar-refractivity contribution < 1.29 is 19.4 Å². The van der Waals surface area contributed by atoms with Crippen LogP contribution in [0.1, 0.15) is 30.9 Å². The molecule has 1 saturated heterocycles. The van der Waals surface area contributed by atoms with Crippen molar-refractivity contribution >= 4 is 18.3 Å². The number of aliphatic hydroxyl groups is 1. The lowest BCUT2D eigenvalue weighted by Gasteiger charge is -2.23. The third-order valence-electron chi connectivity index (χ3n) is 5.33. The Balaban J connectivity index is 0.00000225. The van der Waals surface area contributed by atoms with Crippen molar-refractivity contribution in [2.45, 2.75) is 25.4 Å². The van der Waals surface area contributed by atoms with Gasteiger partial charge in [-0.2, -0.15) is 0 Å². The maximum absolute atomic E-state index is 12.4. The zero-order chi connectivity index (χ0) is 17.2. The number of carbonyl (C=O) groups is 1. The Labute approximate surface area is 154 Å². The summed E-state index contributed by atoms with van der Waals surface area (Å²) < 4.78 is 10.4. The van der Waals surface area contributed by atoms with Crippen LogP contribution in [0.5, 0.6) is 11.5 Å². The van der Waals surface area contributed by atoms with Gasteiger partial charge in [0.2, 0.25) is 5.91 Å². The first kappa shape index (κ1) is 19.8. The van der Waals surface area contributed by atoms with Gasteiger partial charge in [0.1, 0.15) is 11.5 Å². The molecule has 1 saturated carbocycles. The van der Waals surface area contributed by atoms with Crippen LogP contribution in [0.15, 0.2) is 18.2 Å². The van der Waals surface area contributed by atoms with E-state index in [4.69, 9.17) is 9.47 Å². The molecule has 2 atom stereocenters. The second-order valence-electron chi connectivity index (χ2n) is 6.78. The van der Waals surface area contributed by atoms with E-state index in [1.165, 1.54) is 0 Å². The highest BCUT2D eigenvalue weighted by Crippen LogP contribution is 2.58. The molecular formula is C18H27ClN2O4. The number of nitrogens with one attached hydrogen (secondary N) is 2. The number of hydrogen-bond acceptors (Lipinski definition) is 5. The van der Waals surface area contributed by atoms with Crippen LogP contribution >= 0.6 is 12.4 Å².